The Balaban J connectivity index is 1.80. The monoisotopic (exact) mass is 288 g/mol. The first-order chi connectivity index (χ1) is 10.1. The maximum absolute atomic E-state index is 10.2. The molecule has 21 heavy (non-hydrogen) atoms. The number of nitrogens with zero attached hydrogens (tertiary/aromatic N) is 1. The van der Waals surface area contributed by atoms with E-state index in [0.29, 0.717) is 23.9 Å². The third-order valence-electron chi connectivity index (χ3n) is 5.41. The van der Waals surface area contributed by atoms with E-state index in [1.54, 1.807) is 0 Å². The lowest BCUT2D eigenvalue weighted by molar-refractivity contribution is 0.106. The summed E-state index contributed by atoms with van der Waals surface area (Å²) in [5, 5.41) is 13.9. The summed E-state index contributed by atoms with van der Waals surface area (Å²) < 4.78 is 0. The van der Waals surface area contributed by atoms with Gasteiger partial charge >= 0.3 is 0 Å². The molecule has 2 bridgehead atoms. The van der Waals surface area contributed by atoms with E-state index >= 15 is 0 Å². The Labute approximate surface area is 128 Å². The Hall–Kier alpha value is -1.06. The normalized spacial score (nSPS) is 29.8. The number of hydrogen-bond acceptors (Lipinski definition) is 3. The molecule has 0 spiro atoms. The molecule has 3 unspecified atom stereocenters. The van der Waals surface area contributed by atoms with Crippen LogP contribution < -0.4 is 5.32 Å². The predicted octanol–water partition coefficient (Wildman–Crippen LogP) is 3.37. The molecule has 3 heteroatoms. The molecule has 0 saturated carbocycles. The van der Waals surface area contributed by atoms with Gasteiger partial charge in [-0.2, -0.15) is 0 Å². The summed E-state index contributed by atoms with van der Waals surface area (Å²) in [4.78, 5) is 2.58. The molecule has 2 fully saturated rings. The Morgan fingerprint density at radius 3 is 2.57 bits per heavy atom. The number of phenolic OH excluding ortho intramolecular Hbond substituents is 1. The van der Waals surface area contributed by atoms with Crippen LogP contribution in [-0.4, -0.2) is 34.7 Å². The summed E-state index contributed by atoms with van der Waals surface area (Å²) >= 11 is 0. The maximum atomic E-state index is 10.2. The highest BCUT2D eigenvalue weighted by Crippen LogP contribution is 2.36. The van der Waals surface area contributed by atoms with E-state index in [-0.39, 0.29) is 6.04 Å². The Morgan fingerprint density at radius 2 is 1.95 bits per heavy atom. The molecule has 2 heterocycles. The largest absolute Gasteiger partial charge is 0.508 e. The van der Waals surface area contributed by atoms with Crippen LogP contribution in [-0.2, 0) is 0 Å². The van der Waals surface area contributed by atoms with Gasteiger partial charge in [-0.1, -0.05) is 24.6 Å². The van der Waals surface area contributed by atoms with Crippen LogP contribution in [0.3, 0.4) is 0 Å². The second-order valence-corrected chi connectivity index (χ2v) is 6.83. The zero-order valence-corrected chi connectivity index (χ0v) is 13.5. The van der Waals surface area contributed by atoms with Gasteiger partial charge in [0, 0.05) is 29.7 Å². The van der Waals surface area contributed by atoms with Crippen LogP contribution in [0.2, 0.25) is 0 Å². The molecule has 2 N–H and O–H groups in total. The van der Waals surface area contributed by atoms with Crippen molar-refractivity contribution in [3.63, 3.8) is 0 Å². The van der Waals surface area contributed by atoms with Crippen LogP contribution in [0, 0.1) is 6.92 Å². The first kappa shape index (κ1) is 14.9. The molecular formula is C18H28N2O. The van der Waals surface area contributed by atoms with E-state index in [4.69, 9.17) is 0 Å². The van der Waals surface area contributed by atoms with Crippen LogP contribution in [0.5, 0.6) is 5.75 Å². The van der Waals surface area contributed by atoms with Crippen molar-refractivity contribution < 1.29 is 5.11 Å². The number of fused-ring (bicyclic) bond motifs is 2. The standard InChI is InChI=1S/C18H28N2O/c1-4-20(16-10-14-6-7-15(11-16)19-14)13(3)17-9-12(2)5-8-18(17)21/h5,8-9,13-16,19,21H,4,6-7,10-11H2,1-3H3. The molecule has 0 aromatic heterocycles. The van der Waals surface area contributed by atoms with Gasteiger partial charge in [-0.25, -0.2) is 0 Å². The fourth-order valence-corrected chi connectivity index (χ4v) is 4.33. The minimum Gasteiger partial charge on any atom is -0.508 e. The van der Waals surface area contributed by atoms with Crippen LogP contribution in [0.4, 0.5) is 0 Å². The Kier molecular flexibility index (Phi) is 4.23. The maximum Gasteiger partial charge on any atom is 0.120 e. The predicted molar refractivity (Wildman–Crippen MR) is 86.6 cm³/mol. The van der Waals surface area contributed by atoms with Crippen molar-refractivity contribution in [2.75, 3.05) is 6.54 Å². The number of benzene rings is 1. The fourth-order valence-electron chi connectivity index (χ4n) is 4.33. The number of phenols is 1. The van der Waals surface area contributed by atoms with E-state index in [9.17, 15) is 5.11 Å². The van der Waals surface area contributed by atoms with Crippen molar-refractivity contribution in [3.05, 3.63) is 29.3 Å². The van der Waals surface area contributed by atoms with Gasteiger partial charge in [0.2, 0.25) is 0 Å². The summed E-state index contributed by atoms with van der Waals surface area (Å²) in [5.41, 5.74) is 2.29. The molecule has 3 atom stereocenters. The minimum atomic E-state index is 0.275. The summed E-state index contributed by atoms with van der Waals surface area (Å²) in [7, 11) is 0. The zero-order chi connectivity index (χ0) is 15.0. The van der Waals surface area contributed by atoms with Gasteiger partial charge in [-0.3, -0.25) is 4.90 Å². The molecule has 1 aromatic carbocycles. The number of aryl methyl sites for hydroxylation is 1. The lowest BCUT2D eigenvalue weighted by atomic mass is 9.94. The Morgan fingerprint density at radius 1 is 1.29 bits per heavy atom. The number of aromatic hydroxyl groups is 1. The quantitative estimate of drug-likeness (QED) is 0.891. The van der Waals surface area contributed by atoms with Crippen LogP contribution >= 0.6 is 0 Å². The minimum absolute atomic E-state index is 0.275. The van der Waals surface area contributed by atoms with E-state index in [0.717, 1.165) is 12.1 Å². The van der Waals surface area contributed by atoms with Gasteiger partial charge in [0.1, 0.15) is 5.75 Å². The molecule has 3 nitrogen and oxygen atoms in total. The van der Waals surface area contributed by atoms with Crippen molar-refractivity contribution in [2.45, 2.75) is 70.6 Å². The molecular weight excluding hydrogens is 260 g/mol. The van der Waals surface area contributed by atoms with Crippen molar-refractivity contribution in [1.29, 1.82) is 0 Å². The smallest absolute Gasteiger partial charge is 0.120 e. The first-order valence-electron chi connectivity index (χ1n) is 8.39. The third-order valence-corrected chi connectivity index (χ3v) is 5.41. The van der Waals surface area contributed by atoms with Gasteiger partial charge in [0.15, 0.2) is 0 Å². The second-order valence-electron chi connectivity index (χ2n) is 6.83. The van der Waals surface area contributed by atoms with Crippen molar-refractivity contribution >= 4 is 0 Å². The van der Waals surface area contributed by atoms with E-state index in [1.807, 2.05) is 12.1 Å². The summed E-state index contributed by atoms with van der Waals surface area (Å²) in [6.07, 6.45) is 5.17. The van der Waals surface area contributed by atoms with Crippen LogP contribution in [0.1, 0.15) is 56.7 Å². The molecule has 1 aromatic rings. The van der Waals surface area contributed by atoms with Gasteiger partial charge in [-0.15, -0.1) is 0 Å². The molecule has 0 radical (unpaired) electrons. The molecule has 2 saturated heterocycles. The van der Waals surface area contributed by atoms with E-state index in [1.165, 1.54) is 31.2 Å². The third kappa shape index (κ3) is 2.95. The Bertz CT molecular complexity index is 490. The highest BCUT2D eigenvalue weighted by molar-refractivity contribution is 5.37. The van der Waals surface area contributed by atoms with Crippen molar-refractivity contribution in [2.24, 2.45) is 0 Å². The van der Waals surface area contributed by atoms with Crippen LogP contribution in [0.15, 0.2) is 18.2 Å². The summed E-state index contributed by atoms with van der Waals surface area (Å²) in [6, 6.07) is 8.29. The lowest BCUT2D eigenvalue weighted by Gasteiger charge is -2.41. The average Bonchev–Trinajstić information content (AvgIpc) is 2.81. The van der Waals surface area contributed by atoms with Crippen molar-refractivity contribution in [3.8, 4) is 5.75 Å². The molecule has 2 aliphatic rings. The number of hydrogen-bond donors (Lipinski definition) is 2. The molecule has 2 aliphatic heterocycles. The number of nitrogens with one attached hydrogen (secondary N) is 1. The number of rotatable bonds is 4. The highest BCUT2D eigenvalue weighted by atomic mass is 16.3. The summed E-state index contributed by atoms with van der Waals surface area (Å²) in [6.45, 7) is 7.62. The van der Waals surface area contributed by atoms with E-state index in [2.05, 4.69) is 37.1 Å². The molecule has 0 aliphatic carbocycles. The first-order valence-corrected chi connectivity index (χ1v) is 8.39. The molecule has 0 amide bonds. The zero-order valence-electron chi connectivity index (χ0n) is 13.5. The SMILES string of the molecule is CCN(C1CC2CCC(C1)N2)C(C)c1cc(C)ccc1O. The van der Waals surface area contributed by atoms with Gasteiger partial charge < -0.3 is 10.4 Å². The van der Waals surface area contributed by atoms with Gasteiger partial charge in [-0.05, 0) is 52.1 Å². The summed E-state index contributed by atoms with van der Waals surface area (Å²) in [5.74, 6) is 0.434. The molecule has 3 rings (SSSR count). The number of piperidine rings is 1. The van der Waals surface area contributed by atoms with Crippen LogP contribution in [0.25, 0.3) is 0 Å². The van der Waals surface area contributed by atoms with Gasteiger partial charge in [0.05, 0.1) is 0 Å². The topological polar surface area (TPSA) is 35.5 Å². The lowest BCUT2D eigenvalue weighted by Crippen LogP contribution is -2.48. The van der Waals surface area contributed by atoms with Gasteiger partial charge in [0.25, 0.3) is 0 Å². The second kappa shape index (κ2) is 5.98. The highest BCUT2D eigenvalue weighted by Gasteiger charge is 2.37. The molecule has 116 valence electrons. The van der Waals surface area contributed by atoms with E-state index < -0.39 is 0 Å². The van der Waals surface area contributed by atoms with Crippen molar-refractivity contribution in [1.82, 2.24) is 10.2 Å². The average molecular weight is 288 g/mol. The fraction of sp³-hybridized carbons (Fsp3) is 0.667.